The molecule has 3 rings (SSSR count). The maximum atomic E-state index is 12.0. The third-order valence-electron chi connectivity index (χ3n) is 2.48. The predicted octanol–water partition coefficient (Wildman–Crippen LogP) is 1.63. The van der Waals surface area contributed by atoms with Crippen LogP contribution in [0.5, 0.6) is 0 Å². The maximum absolute atomic E-state index is 12.0. The van der Waals surface area contributed by atoms with Crippen LogP contribution in [0.2, 0.25) is 0 Å². The van der Waals surface area contributed by atoms with Crippen molar-refractivity contribution < 1.29 is 4.42 Å². The summed E-state index contributed by atoms with van der Waals surface area (Å²) in [4.78, 5) is 26.3. The zero-order valence-corrected chi connectivity index (χ0v) is 8.19. The Labute approximate surface area is 89.1 Å². The van der Waals surface area contributed by atoms with Crippen LogP contribution in [0.15, 0.2) is 50.5 Å². The second-order valence-electron chi connectivity index (χ2n) is 3.47. The number of aromatic nitrogens is 1. The number of fused-ring (bicyclic) bond motifs is 2. The highest BCUT2D eigenvalue weighted by Gasteiger charge is 2.08. The minimum atomic E-state index is -0.295. The molecule has 0 bridgehead atoms. The molecule has 0 amide bonds. The molecule has 1 aromatic carbocycles. The van der Waals surface area contributed by atoms with Gasteiger partial charge in [-0.2, -0.15) is 0 Å². The Bertz CT molecular complexity index is 798. The molecule has 0 aliphatic carbocycles. The molecule has 0 saturated heterocycles. The van der Waals surface area contributed by atoms with Gasteiger partial charge >= 0.3 is 0 Å². The number of benzene rings is 1. The predicted molar refractivity (Wildman–Crippen MR) is 60.6 cm³/mol. The van der Waals surface area contributed by atoms with Crippen molar-refractivity contribution >= 4 is 22.1 Å². The molecule has 78 valence electrons. The van der Waals surface area contributed by atoms with Gasteiger partial charge in [0.1, 0.15) is 11.1 Å². The van der Waals surface area contributed by atoms with Gasteiger partial charge in [0, 0.05) is 12.3 Å². The van der Waals surface area contributed by atoms with E-state index in [0.29, 0.717) is 11.0 Å². The van der Waals surface area contributed by atoms with Crippen molar-refractivity contribution in [3.05, 3.63) is 57.0 Å². The molecule has 3 aromatic rings. The number of nitrogens with one attached hydrogen (secondary N) is 1. The van der Waals surface area contributed by atoms with Gasteiger partial charge < -0.3 is 9.40 Å². The van der Waals surface area contributed by atoms with E-state index >= 15 is 0 Å². The second-order valence-corrected chi connectivity index (χ2v) is 3.47. The van der Waals surface area contributed by atoms with E-state index in [0.717, 1.165) is 0 Å². The van der Waals surface area contributed by atoms with E-state index in [-0.39, 0.29) is 22.0 Å². The van der Waals surface area contributed by atoms with Gasteiger partial charge in [-0.15, -0.1) is 0 Å². The first-order chi connectivity index (χ1) is 7.77. The van der Waals surface area contributed by atoms with Crippen molar-refractivity contribution in [2.75, 3.05) is 0 Å². The van der Waals surface area contributed by atoms with E-state index in [2.05, 4.69) is 4.98 Å². The summed E-state index contributed by atoms with van der Waals surface area (Å²) in [6.45, 7) is 0. The summed E-state index contributed by atoms with van der Waals surface area (Å²) >= 11 is 0. The normalized spacial score (nSPS) is 11.0. The smallest absolute Gasteiger partial charge is 0.224 e. The van der Waals surface area contributed by atoms with Crippen LogP contribution in [0, 0.1) is 0 Å². The summed E-state index contributed by atoms with van der Waals surface area (Å²) < 4.78 is 5.41. The number of rotatable bonds is 0. The van der Waals surface area contributed by atoms with Crippen molar-refractivity contribution in [2.24, 2.45) is 0 Å². The molecule has 4 heteroatoms. The first-order valence-electron chi connectivity index (χ1n) is 4.80. The highest BCUT2D eigenvalue weighted by Crippen LogP contribution is 2.13. The Morgan fingerprint density at radius 3 is 2.75 bits per heavy atom. The Kier molecular flexibility index (Phi) is 1.71. The lowest BCUT2D eigenvalue weighted by atomic mass is 10.2. The number of hydrogen-bond donors (Lipinski definition) is 1. The lowest BCUT2D eigenvalue weighted by Crippen LogP contribution is -2.10. The molecule has 0 unspecified atom stereocenters. The molecular weight excluding hydrogens is 206 g/mol. The molecule has 0 aliphatic rings. The monoisotopic (exact) mass is 213 g/mol. The molecule has 4 nitrogen and oxygen atoms in total. The molecule has 0 atom stereocenters. The van der Waals surface area contributed by atoms with Crippen molar-refractivity contribution in [3.63, 3.8) is 0 Å². The van der Waals surface area contributed by atoms with Crippen LogP contribution in [0.25, 0.3) is 22.1 Å². The number of para-hydroxylation sites is 1. The third-order valence-corrected chi connectivity index (χ3v) is 2.48. The Morgan fingerprint density at radius 2 is 1.88 bits per heavy atom. The Hall–Kier alpha value is -2.36. The molecule has 2 heterocycles. The standard InChI is InChI=1S/C12H7NO3/c14-8-5-6-13-10-11(15)7-3-1-2-4-9(7)16-12(8)10/h1-6H,(H,13,14). The molecular formula is C12H7NO3. The fourth-order valence-electron chi connectivity index (χ4n) is 1.72. The average Bonchev–Trinajstić information content (AvgIpc) is 2.31. The fraction of sp³-hybridized carbons (Fsp3) is 0. The highest BCUT2D eigenvalue weighted by atomic mass is 16.3. The van der Waals surface area contributed by atoms with Gasteiger partial charge in [-0.3, -0.25) is 9.59 Å². The van der Waals surface area contributed by atoms with Crippen molar-refractivity contribution in [1.29, 1.82) is 0 Å². The minimum Gasteiger partial charge on any atom is -0.450 e. The number of aromatic amines is 1. The second kappa shape index (κ2) is 3.06. The molecule has 0 fully saturated rings. The number of H-pyrrole nitrogens is 1. The highest BCUT2D eigenvalue weighted by molar-refractivity contribution is 5.87. The van der Waals surface area contributed by atoms with Crippen molar-refractivity contribution in [3.8, 4) is 0 Å². The topological polar surface area (TPSA) is 63.1 Å². The SMILES string of the molecule is O=c1c2ccccc2oc2c(=O)cc[nH]c12. The molecule has 0 spiro atoms. The minimum absolute atomic E-state index is 0.0752. The largest absolute Gasteiger partial charge is 0.450 e. The summed E-state index contributed by atoms with van der Waals surface area (Å²) in [5.41, 5.74) is 0.209. The quantitative estimate of drug-likeness (QED) is 0.577. The van der Waals surface area contributed by atoms with Crippen LogP contribution >= 0.6 is 0 Å². The van der Waals surface area contributed by atoms with Gasteiger partial charge in [0.15, 0.2) is 0 Å². The number of pyridine rings is 1. The van der Waals surface area contributed by atoms with Crippen LogP contribution in [-0.4, -0.2) is 4.98 Å². The summed E-state index contributed by atoms with van der Waals surface area (Å²) in [6.07, 6.45) is 1.44. The average molecular weight is 213 g/mol. The fourth-order valence-corrected chi connectivity index (χ4v) is 1.72. The molecule has 0 radical (unpaired) electrons. The van der Waals surface area contributed by atoms with Gasteiger partial charge in [0.25, 0.3) is 0 Å². The van der Waals surface area contributed by atoms with Crippen molar-refractivity contribution in [1.82, 2.24) is 4.98 Å². The van der Waals surface area contributed by atoms with Gasteiger partial charge in [-0.25, -0.2) is 0 Å². The van der Waals surface area contributed by atoms with E-state index in [1.165, 1.54) is 12.3 Å². The summed E-state index contributed by atoms with van der Waals surface area (Å²) in [6, 6.07) is 8.19. The van der Waals surface area contributed by atoms with Crippen LogP contribution in [0.1, 0.15) is 0 Å². The lowest BCUT2D eigenvalue weighted by molar-refractivity contribution is 0.655. The van der Waals surface area contributed by atoms with E-state index in [9.17, 15) is 9.59 Å². The Morgan fingerprint density at radius 1 is 1.06 bits per heavy atom. The summed E-state index contributed by atoms with van der Waals surface area (Å²) in [7, 11) is 0. The van der Waals surface area contributed by atoms with Gasteiger partial charge in [-0.05, 0) is 12.1 Å². The van der Waals surface area contributed by atoms with E-state index in [1.807, 2.05) is 0 Å². The summed E-state index contributed by atoms with van der Waals surface area (Å²) in [5.74, 6) is 0. The van der Waals surface area contributed by atoms with Crippen LogP contribution in [0.4, 0.5) is 0 Å². The van der Waals surface area contributed by atoms with E-state index in [1.54, 1.807) is 24.3 Å². The van der Waals surface area contributed by atoms with Crippen LogP contribution in [0.3, 0.4) is 0 Å². The van der Waals surface area contributed by atoms with Gasteiger partial charge in [0.2, 0.25) is 16.4 Å². The molecule has 1 N–H and O–H groups in total. The maximum Gasteiger partial charge on any atom is 0.224 e. The molecule has 0 saturated carbocycles. The first kappa shape index (κ1) is 8.91. The third kappa shape index (κ3) is 1.10. The number of hydrogen-bond acceptors (Lipinski definition) is 3. The molecule has 2 aromatic heterocycles. The first-order valence-corrected chi connectivity index (χ1v) is 4.80. The zero-order chi connectivity index (χ0) is 11.1. The van der Waals surface area contributed by atoms with Crippen LogP contribution < -0.4 is 10.9 Å². The van der Waals surface area contributed by atoms with Crippen molar-refractivity contribution in [2.45, 2.75) is 0 Å². The van der Waals surface area contributed by atoms with E-state index in [4.69, 9.17) is 4.42 Å². The summed E-state index contributed by atoms with van der Waals surface area (Å²) in [5, 5.41) is 0.469. The lowest BCUT2D eigenvalue weighted by Gasteiger charge is -1.99. The zero-order valence-electron chi connectivity index (χ0n) is 8.19. The van der Waals surface area contributed by atoms with Gasteiger partial charge in [0.05, 0.1) is 5.39 Å². The molecule has 16 heavy (non-hydrogen) atoms. The Balaban J connectivity index is 2.72. The molecule has 0 aliphatic heterocycles. The van der Waals surface area contributed by atoms with Crippen LogP contribution in [-0.2, 0) is 0 Å². The van der Waals surface area contributed by atoms with Gasteiger partial charge in [-0.1, -0.05) is 12.1 Å². The van der Waals surface area contributed by atoms with E-state index < -0.39 is 0 Å².